The van der Waals surface area contributed by atoms with Gasteiger partial charge in [-0.05, 0) is 11.6 Å². The van der Waals surface area contributed by atoms with Crippen molar-refractivity contribution in [3.8, 4) is 0 Å². The lowest BCUT2D eigenvalue weighted by Gasteiger charge is -2.01. The molecule has 0 aromatic heterocycles. The SMILES string of the molecule is O=C(O)/C=C/CSCc1ccccc1Cl. The van der Waals surface area contributed by atoms with E-state index in [9.17, 15) is 4.79 Å². The molecule has 15 heavy (non-hydrogen) atoms. The van der Waals surface area contributed by atoms with Crippen LogP contribution in [0, 0.1) is 0 Å². The summed E-state index contributed by atoms with van der Waals surface area (Å²) in [5.74, 6) is 0.564. The molecule has 0 spiro atoms. The van der Waals surface area contributed by atoms with E-state index in [2.05, 4.69) is 0 Å². The molecule has 0 fully saturated rings. The average molecular weight is 243 g/mol. The predicted octanol–water partition coefficient (Wildman–Crippen LogP) is 3.21. The monoisotopic (exact) mass is 242 g/mol. The third-order valence-corrected chi connectivity index (χ3v) is 3.00. The van der Waals surface area contributed by atoms with Crippen LogP contribution in [0.2, 0.25) is 5.02 Å². The van der Waals surface area contributed by atoms with E-state index in [0.717, 1.165) is 22.4 Å². The lowest BCUT2D eigenvalue weighted by molar-refractivity contribution is -0.131. The molecule has 1 rings (SSSR count). The Labute approximate surface area is 97.9 Å². The van der Waals surface area contributed by atoms with Gasteiger partial charge in [-0.2, -0.15) is 11.8 Å². The van der Waals surface area contributed by atoms with Gasteiger partial charge in [-0.1, -0.05) is 35.9 Å². The van der Waals surface area contributed by atoms with E-state index in [-0.39, 0.29) is 0 Å². The minimum Gasteiger partial charge on any atom is -0.478 e. The second kappa shape index (κ2) is 6.53. The Bertz CT molecular complexity index is 363. The summed E-state index contributed by atoms with van der Waals surface area (Å²) in [4.78, 5) is 10.2. The van der Waals surface area contributed by atoms with Gasteiger partial charge in [0.25, 0.3) is 0 Å². The Morgan fingerprint density at radius 2 is 2.20 bits per heavy atom. The van der Waals surface area contributed by atoms with Crippen LogP contribution in [0.5, 0.6) is 0 Å². The fourth-order valence-corrected chi connectivity index (χ4v) is 2.10. The summed E-state index contributed by atoms with van der Waals surface area (Å²) in [5, 5.41) is 9.11. The summed E-state index contributed by atoms with van der Waals surface area (Å²) in [6.07, 6.45) is 2.78. The van der Waals surface area contributed by atoms with E-state index in [0.29, 0.717) is 5.75 Å². The minimum atomic E-state index is -0.909. The van der Waals surface area contributed by atoms with Gasteiger partial charge < -0.3 is 5.11 Å². The maximum atomic E-state index is 10.2. The molecule has 0 atom stereocenters. The molecule has 4 heteroatoms. The zero-order chi connectivity index (χ0) is 11.1. The summed E-state index contributed by atoms with van der Waals surface area (Å²) in [5.41, 5.74) is 1.08. The molecule has 0 saturated heterocycles. The Balaban J connectivity index is 2.32. The largest absolute Gasteiger partial charge is 0.478 e. The maximum absolute atomic E-state index is 10.2. The summed E-state index contributed by atoms with van der Waals surface area (Å²) in [6.45, 7) is 0. The minimum absolute atomic E-state index is 0.678. The van der Waals surface area contributed by atoms with Gasteiger partial charge >= 0.3 is 5.97 Å². The highest BCUT2D eigenvalue weighted by molar-refractivity contribution is 7.98. The van der Waals surface area contributed by atoms with Crippen LogP contribution in [0.3, 0.4) is 0 Å². The number of carboxylic acid groups (broad SMARTS) is 1. The molecule has 1 aromatic rings. The molecular weight excluding hydrogens is 232 g/mol. The second-order valence-corrected chi connectivity index (χ2v) is 4.28. The number of benzene rings is 1. The number of carboxylic acids is 1. The van der Waals surface area contributed by atoms with Crippen LogP contribution in [0.1, 0.15) is 5.56 Å². The van der Waals surface area contributed by atoms with Crippen LogP contribution in [0.15, 0.2) is 36.4 Å². The first kappa shape index (κ1) is 12.1. The molecule has 0 amide bonds. The third kappa shape index (κ3) is 4.91. The lowest BCUT2D eigenvalue weighted by atomic mass is 10.2. The summed E-state index contributed by atoms with van der Waals surface area (Å²) in [6, 6.07) is 7.65. The normalized spacial score (nSPS) is 10.7. The van der Waals surface area contributed by atoms with Crippen LogP contribution >= 0.6 is 23.4 Å². The van der Waals surface area contributed by atoms with Crippen molar-refractivity contribution in [3.05, 3.63) is 47.0 Å². The summed E-state index contributed by atoms with van der Waals surface area (Å²) < 4.78 is 0. The van der Waals surface area contributed by atoms with E-state index < -0.39 is 5.97 Å². The highest BCUT2D eigenvalue weighted by Crippen LogP contribution is 2.20. The molecule has 1 N–H and O–H groups in total. The molecule has 0 radical (unpaired) electrons. The van der Waals surface area contributed by atoms with Gasteiger partial charge in [0.1, 0.15) is 0 Å². The molecule has 0 saturated carbocycles. The Hall–Kier alpha value is -0.930. The van der Waals surface area contributed by atoms with E-state index in [4.69, 9.17) is 16.7 Å². The van der Waals surface area contributed by atoms with Crippen LogP contribution in [0.25, 0.3) is 0 Å². The van der Waals surface area contributed by atoms with E-state index in [1.807, 2.05) is 24.3 Å². The highest BCUT2D eigenvalue weighted by Gasteiger charge is 1.97. The molecule has 0 aliphatic heterocycles. The number of halogens is 1. The topological polar surface area (TPSA) is 37.3 Å². The maximum Gasteiger partial charge on any atom is 0.328 e. The molecule has 0 unspecified atom stereocenters. The van der Waals surface area contributed by atoms with Crippen molar-refractivity contribution in [3.63, 3.8) is 0 Å². The fraction of sp³-hybridized carbons (Fsp3) is 0.182. The van der Waals surface area contributed by atoms with E-state index >= 15 is 0 Å². The van der Waals surface area contributed by atoms with E-state index in [1.54, 1.807) is 17.8 Å². The molecule has 1 aromatic carbocycles. The van der Waals surface area contributed by atoms with Gasteiger partial charge in [-0.25, -0.2) is 4.79 Å². The first-order chi connectivity index (χ1) is 7.20. The van der Waals surface area contributed by atoms with Gasteiger partial charge in [0.15, 0.2) is 0 Å². The molecule has 0 aliphatic rings. The van der Waals surface area contributed by atoms with Gasteiger partial charge in [0.2, 0.25) is 0 Å². The van der Waals surface area contributed by atoms with Crippen LogP contribution in [-0.4, -0.2) is 16.8 Å². The Morgan fingerprint density at radius 3 is 2.87 bits per heavy atom. The van der Waals surface area contributed by atoms with Crippen molar-refractivity contribution in [2.75, 3.05) is 5.75 Å². The van der Waals surface area contributed by atoms with Crippen molar-refractivity contribution in [1.29, 1.82) is 0 Å². The molecular formula is C11H11ClO2S. The number of rotatable bonds is 5. The zero-order valence-electron chi connectivity index (χ0n) is 8.02. The number of hydrogen-bond acceptors (Lipinski definition) is 2. The van der Waals surface area contributed by atoms with Crippen molar-refractivity contribution in [2.45, 2.75) is 5.75 Å². The van der Waals surface area contributed by atoms with Crippen molar-refractivity contribution in [2.24, 2.45) is 0 Å². The standard InChI is InChI=1S/C11H11ClO2S/c12-10-5-2-1-4-9(10)8-15-7-3-6-11(13)14/h1-6H,7-8H2,(H,13,14)/b6-3+. The fourth-order valence-electron chi connectivity index (χ4n) is 1.00. The molecule has 0 heterocycles. The second-order valence-electron chi connectivity index (χ2n) is 2.85. The van der Waals surface area contributed by atoms with Crippen molar-refractivity contribution in [1.82, 2.24) is 0 Å². The van der Waals surface area contributed by atoms with Crippen LogP contribution in [-0.2, 0) is 10.5 Å². The van der Waals surface area contributed by atoms with Gasteiger partial charge in [0, 0.05) is 22.6 Å². The Kier molecular flexibility index (Phi) is 5.29. The summed E-state index contributed by atoms with van der Waals surface area (Å²) in [7, 11) is 0. The van der Waals surface area contributed by atoms with Gasteiger partial charge in [0.05, 0.1) is 0 Å². The van der Waals surface area contributed by atoms with Crippen LogP contribution in [0.4, 0.5) is 0 Å². The number of thioether (sulfide) groups is 1. The average Bonchev–Trinajstić information content (AvgIpc) is 2.20. The predicted molar refractivity (Wildman–Crippen MR) is 64.4 cm³/mol. The zero-order valence-corrected chi connectivity index (χ0v) is 9.59. The van der Waals surface area contributed by atoms with Crippen LogP contribution < -0.4 is 0 Å². The number of hydrogen-bond donors (Lipinski definition) is 1. The van der Waals surface area contributed by atoms with E-state index in [1.165, 1.54) is 0 Å². The smallest absolute Gasteiger partial charge is 0.328 e. The quantitative estimate of drug-likeness (QED) is 0.636. The molecule has 2 nitrogen and oxygen atoms in total. The number of carbonyl (C=O) groups is 1. The van der Waals surface area contributed by atoms with Crippen molar-refractivity contribution >= 4 is 29.3 Å². The van der Waals surface area contributed by atoms with Crippen molar-refractivity contribution < 1.29 is 9.90 Å². The summed E-state index contributed by atoms with van der Waals surface area (Å²) >= 11 is 7.59. The first-order valence-electron chi connectivity index (χ1n) is 4.41. The molecule has 0 aliphatic carbocycles. The Morgan fingerprint density at radius 1 is 1.47 bits per heavy atom. The lowest BCUT2D eigenvalue weighted by Crippen LogP contribution is -1.87. The molecule has 0 bridgehead atoms. The number of aliphatic carboxylic acids is 1. The van der Waals surface area contributed by atoms with Gasteiger partial charge in [-0.3, -0.25) is 0 Å². The third-order valence-electron chi connectivity index (χ3n) is 1.69. The molecule has 80 valence electrons. The highest BCUT2D eigenvalue weighted by atomic mass is 35.5. The van der Waals surface area contributed by atoms with Gasteiger partial charge in [-0.15, -0.1) is 0 Å². The first-order valence-corrected chi connectivity index (χ1v) is 5.94.